The minimum Gasteiger partial charge on any atom is -0.504 e. The Labute approximate surface area is 83.4 Å². The molecule has 1 heterocycles. The van der Waals surface area contributed by atoms with Gasteiger partial charge in [-0.05, 0) is 6.07 Å². The van der Waals surface area contributed by atoms with Crippen LogP contribution in [0.1, 0.15) is 5.56 Å². The zero-order valence-corrected chi connectivity index (χ0v) is 7.39. The standard InChI is InChI=1S/C10H5NO4/c11-3-5-4-15-9-2-8(13)7(12)1-6(9)10(5)14/h1-2,4,12-13H. The van der Waals surface area contributed by atoms with Crippen molar-refractivity contribution in [2.45, 2.75) is 0 Å². The molecule has 5 heteroatoms. The molecular weight excluding hydrogens is 198 g/mol. The Morgan fingerprint density at radius 1 is 1.27 bits per heavy atom. The van der Waals surface area contributed by atoms with Crippen molar-refractivity contribution in [3.05, 3.63) is 34.2 Å². The maximum absolute atomic E-state index is 11.5. The van der Waals surface area contributed by atoms with Crippen molar-refractivity contribution in [1.82, 2.24) is 0 Å². The molecule has 0 spiro atoms. The Hall–Kier alpha value is -2.48. The lowest BCUT2D eigenvalue weighted by atomic mass is 10.1. The monoisotopic (exact) mass is 203 g/mol. The molecule has 2 N–H and O–H groups in total. The van der Waals surface area contributed by atoms with Crippen molar-refractivity contribution in [2.24, 2.45) is 0 Å². The Bertz CT molecular complexity index is 636. The third-order valence-corrected chi connectivity index (χ3v) is 1.99. The molecule has 0 radical (unpaired) electrons. The van der Waals surface area contributed by atoms with Crippen molar-refractivity contribution in [2.75, 3.05) is 0 Å². The van der Waals surface area contributed by atoms with Gasteiger partial charge in [0.2, 0.25) is 5.43 Å². The maximum Gasteiger partial charge on any atom is 0.210 e. The summed E-state index contributed by atoms with van der Waals surface area (Å²) in [5.41, 5.74) is -0.559. The minimum absolute atomic E-state index is 0.0596. The van der Waals surface area contributed by atoms with Crippen molar-refractivity contribution < 1.29 is 14.6 Å². The molecule has 0 aliphatic rings. The summed E-state index contributed by atoms with van der Waals surface area (Å²) >= 11 is 0. The van der Waals surface area contributed by atoms with E-state index in [2.05, 4.69) is 0 Å². The molecule has 0 bridgehead atoms. The van der Waals surface area contributed by atoms with E-state index in [-0.39, 0.29) is 22.3 Å². The van der Waals surface area contributed by atoms with Gasteiger partial charge in [0, 0.05) is 6.07 Å². The van der Waals surface area contributed by atoms with E-state index >= 15 is 0 Å². The first-order valence-electron chi connectivity index (χ1n) is 4.01. The smallest absolute Gasteiger partial charge is 0.210 e. The summed E-state index contributed by atoms with van der Waals surface area (Å²) in [6, 6.07) is 3.86. The van der Waals surface area contributed by atoms with Crippen LogP contribution < -0.4 is 5.43 Å². The summed E-state index contributed by atoms with van der Waals surface area (Å²) < 4.78 is 4.96. The Kier molecular flexibility index (Phi) is 1.83. The highest BCUT2D eigenvalue weighted by Gasteiger charge is 2.09. The van der Waals surface area contributed by atoms with E-state index < -0.39 is 11.2 Å². The number of nitrogens with zero attached hydrogens (tertiary/aromatic N) is 1. The van der Waals surface area contributed by atoms with Gasteiger partial charge in [0.15, 0.2) is 11.5 Å². The third kappa shape index (κ3) is 1.28. The summed E-state index contributed by atoms with van der Waals surface area (Å²) in [5.74, 6) is -0.805. The molecule has 0 fully saturated rings. The van der Waals surface area contributed by atoms with Gasteiger partial charge in [-0.15, -0.1) is 0 Å². The Morgan fingerprint density at radius 3 is 2.60 bits per heavy atom. The Balaban J connectivity index is 2.96. The van der Waals surface area contributed by atoms with E-state index in [4.69, 9.17) is 14.8 Å². The van der Waals surface area contributed by atoms with Gasteiger partial charge in [-0.2, -0.15) is 5.26 Å². The van der Waals surface area contributed by atoms with Crippen LogP contribution in [0.15, 0.2) is 27.6 Å². The van der Waals surface area contributed by atoms with Crippen LogP contribution in [0.2, 0.25) is 0 Å². The fourth-order valence-corrected chi connectivity index (χ4v) is 1.23. The van der Waals surface area contributed by atoms with Crippen molar-refractivity contribution >= 4 is 11.0 Å². The van der Waals surface area contributed by atoms with E-state index in [1.54, 1.807) is 6.07 Å². The molecule has 0 aliphatic carbocycles. The van der Waals surface area contributed by atoms with Gasteiger partial charge in [-0.1, -0.05) is 0 Å². The number of hydrogen-bond acceptors (Lipinski definition) is 5. The maximum atomic E-state index is 11.5. The fraction of sp³-hybridized carbons (Fsp3) is 0. The lowest BCUT2D eigenvalue weighted by molar-refractivity contribution is 0.403. The summed E-state index contributed by atoms with van der Waals surface area (Å²) in [6.07, 6.45) is 1.02. The summed E-state index contributed by atoms with van der Waals surface area (Å²) in [6.45, 7) is 0. The molecule has 0 amide bonds. The van der Waals surface area contributed by atoms with Crippen molar-refractivity contribution in [3.63, 3.8) is 0 Å². The average Bonchev–Trinajstić information content (AvgIpc) is 2.22. The molecule has 74 valence electrons. The van der Waals surface area contributed by atoms with E-state index in [0.717, 1.165) is 18.4 Å². The van der Waals surface area contributed by atoms with Gasteiger partial charge < -0.3 is 14.6 Å². The van der Waals surface area contributed by atoms with Gasteiger partial charge in [0.1, 0.15) is 23.5 Å². The highest BCUT2D eigenvalue weighted by Crippen LogP contribution is 2.28. The molecular formula is C10H5NO4. The van der Waals surface area contributed by atoms with Crippen molar-refractivity contribution in [1.29, 1.82) is 5.26 Å². The van der Waals surface area contributed by atoms with Gasteiger partial charge in [0.05, 0.1) is 5.39 Å². The molecule has 0 unspecified atom stereocenters. The second kappa shape index (κ2) is 3.03. The molecule has 0 saturated heterocycles. The van der Waals surface area contributed by atoms with Crippen LogP contribution in [0.25, 0.3) is 11.0 Å². The summed E-state index contributed by atoms with van der Waals surface area (Å²) in [5, 5.41) is 27.0. The topological polar surface area (TPSA) is 94.5 Å². The second-order valence-corrected chi connectivity index (χ2v) is 2.93. The van der Waals surface area contributed by atoms with Gasteiger partial charge >= 0.3 is 0 Å². The molecule has 0 atom stereocenters. The fourth-order valence-electron chi connectivity index (χ4n) is 1.23. The number of benzene rings is 1. The number of hydrogen-bond donors (Lipinski definition) is 2. The zero-order valence-electron chi connectivity index (χ0n) is 7.39. The van der Waals surface area contributed by atoms with E-state index in [9.17, 15) is 9.90 Å². The van der Waals surface area contributed by atoms with Crippen LogP contribution in [0.3, 0.4) is 0 Å². The molecule has 0 aliphatic heterocycles. The van der Waals surface area contributed by atoms with Crippen LogP contribution in [0, 0.1) is 11.3 Å². The van der Waals surface area contributed by atoms with Gasteiger partial charge in [-0.25, -0.2) is 0 Å². The summed E-state index contributed by atoms with van der Waals surface area (Å²) in [7, 11) is 0. The number of aromatic hydroxyl groups is 2. The lowest BCUT2D eigenvalue weighted by Gasteiger charge is -2.00. The third-order valence-electron chi connectivity index (χ3n) is 1.99. The average molecular weight is 203 g/mol. The SMILES string of the molecule is N#Cc1coc2cc(O)c(O)cc2c1=O. The van der Waals surface area contributed by atoms with Gasteiger partial charge in [-0.3, -0.25) is 4.79 Å². The molecule has 5 nitrogen and oxygen atoms in total. The number of phenols is 2. The highest BCUT2D eigenvalue weighted by atomic mass is 16.3. The van der Waals surface area contributed by atoms with Crippen LogP contribution >= 0.6 is 0 Å². The van der Waals surface area contributed by atoms with E-state index in [1.165, 1.54) is 0 Å². The molecule has 1 aromatic heterocycles. The first kappa shape index (κ1) is 9.09. The number of nitriles is 1. The van der Waals surface area contributed by atoms with E-state index in [0.29, 0.717) is 0 Å². The molecule has 0 saturated carbocycles. The van der Waals surface area contributed by atoms with Crippen molar-refractivity contribution in [3.8, 4) is 17.6 Å². The van der Waals surface area contributed by atoms with Crippen LogP contribution in [0.4, 0.5) is 0 Å². The van der Waals surface area contributed by atoms with E-state index in [1.807, 2.05) is 0 Å². The molecule has 15 heavy (non-hydrogen) atoms. The highest BCUT2D eigenvalue weighted by molar-refractivity contribution is 5.81. The molecule has 1 aromatic carbocycles. The van der Waals surface area contributed by atoms with Gasteiger partial charge in [0.25, 0.3) is 0 Å². The normalized spacial score (nSPS) is 10.1. The largest absolute Gasteiger partial charge is 0.504 e. The lowest BCUT2D eigenvalue weighted by Crippen LogP contribution is -2.04. The van der Waals surface area contributed by atoms with Crippen LogP contribution in [0.5, 0.6) is 11.5 Å². The Morgan fingerprint density at radius 2 is 1.93 bits per heavy atom. The minimum atomic E-state index is -0.533. The number of phenolic OH excluding ortho intramolecular Hbond substituents is 2. The quantitative estimate of drug-likeness (QED) is 0.624. The summed E-state index contributed by atoms with van der Waals surface area (Å²) in [4.78, 5) is 11.5. The van der Waals surface area contributed by atoms with Crippen LogP contribution in [-0.2, 0) is 0 Å². The predicted molar refractivity (Wildman–Crippen MR) is 50.5 cm³/mol. The molecule has 2 aromatic rings. The zero-order chi connectivity index (χ0) is 11.0. The predicted octanol–water partition coefficient (Wildman–Crippen LogP) is 1.08. The molecule has 2 rings (SSSR count). The number of fused-ring (bicyclic) bond motifs is 1. The first-order valence-corrected chi connectivity index (χ1v) is 4.01. The first-order chi connectivity index (χ1) is 7.13. The number of rotatable bonds is 0. The second-order valence-electron chi connectivity index (χ2n) is 2.93. The van der Waals surface area contributed by atoms with Crippen LogP contribution in [-0.4, -0.2) is 10.2 Å².